The van der Waals surface area contributed by atoms with E-state index in [4.69, 9.17) is 9.15 Å². The Kier molecular flexibility index (Phi) is 4.55. The van der Waals surface area contributed by atoms with Gasteiger partial charge in [-0.2, -0.15) is 0 Å². The molecule has 1 aromatic carbocycles. The molecule has 0 aliphatic heterocycles. The van der Waals surface area contributed by atoms with Crippen molar-refractivity contribution in [1.82, 2.24) is 5.32 Å². The minimum absolute atomic E-state index is 0.0976. The molecule has 104 valence electrons. The van der Waals surface area contributed by atoms with Crippen molar-refractivity contribution in [1.29, 1.82) is 0 Å². The molecule has 0 spiro atoms. The summed E-state index contributed by atoms with van der Waals surface area (Å²) in [6.07, 6.45) is 1.52. The number of hydrogen-bond acceptors (Lipinski definition) is 4. The molecule has 0 saturated heterocycles. The van der Waals surface area contributed by atoms with Crippen LogP contribution in [0.25, 0.3) is 0 Å². The fourth-order valence-electron chi connectivity index (χ4n) is 1.63. The fourth-order valence-corrected chi connectivity index (χ4v) is 1.63. The van der Waals surface area contributed by atoms with E-state index in [2.05, 4.69) is 5.32 Å². The van der Waals surface area contributed by atoms with Crippen LogP contribution >= 0.6 is 0 Å². The second-order valence-electron chi connectivity index (χ2n) is 4.27. The first-order valence-corrected chi connectivity index (χ1v) is 6.24. The third-order valence-electron chi connectivity index (χ3n) is 2.58. The van der Waals surface area contributed by atoms with Gasteiger partial charge in [0.25, 0.3) is 5.91 Å². The van der Waals surface area contributed by atoms with Crippen LogP contribution in [0.1, 0.15) is 22.5 Å². The summed E-state index contributed by atoms with van der Waals surface area (Å²) in [4.78, 5) is 23.1. The molecule has 0 saturated carbocycles. The van der Waals surface area contributed by atoms with Crippen molar-refractivity contribution >= 4 is 11.9 Å². The lowest BCUT2D eigenvalue weighted by atomic mass is 10.2. The van der Waals surface area contributed by atoms with Crippen LogP contribution in [-0.4, -0.2) is 18.4 Å². The Morgan fingerprint density at radius 1 is 1.25 bits per heavy atom. The molecular weight excluding hydrogens is 258 g/mol. The van der Waals surface area contributed by atoms with Crippen LogP contribution in [0.15, 0.2) is 47.1 Å². The Morgan fingerprint density at radius 2 is 2.10 bits per heavy atom. The van der Waals surface area contributed by atoms with E-state index in [-0.39, 0.29) is 24.6 Å². The summed E-state index contributed by atoms with van der Waals surface area (Å²) in [5.41, 5.74) is 1.02. The standard InChI is InChI=1S/C15H15NO4/c1-11-4-2-5-12(10-11)20-14(17)7-8-16-15(18)13-6-3-9-19-13/h2-6,9-10H,7-8H2,1H3,(H,16,18). The van der Waals surface area contributed by atoms with Gasteiger partial charge in [0.15, 0.2) is 5.76 Å². The van der Waals surface area contributed by atoms with Crippen molar-refractivity contribution in [3.8, 4) is 5.75 Å². The van der Waals surface area contributed by atoms with Crippen LogP contribution in [0.5, 0.6) is 5.75 Å². The van der Waals surface area contributed by atoms with Crippen molar-refractivity contribution in [3.05, 3.63) is 54.0 Å². The van der Waals surface area contributed by atoms with Gasteiger partial charge in [0.05, 0.1) is 12.7 Å². The van der Waals surface area contributed by atoms with Gasteiger partial charge in [-0.25, -0.2) is 0 Å². The highest BCUT2D eigenvalue weighted by Gasteiger charge is 2.09. The molecule has 20 heavy (non-hydrogen) atoms. The molecule has 1 N–H and O–H groups in total. The molecule has 0 radical (unpaired) electrons. The Bertz CT molecular complexity index is 590. The fraction of sp³-hybridized carbons (Fsp3) is 0.200. The van der Waals surface area contributed by atoms with Gasteiger partial charge >= 0.3 is 5.97 Å². The van der Waals surface area contributed by atoms with E-state index < -0.39 is 5.97 Å². The van der Waals surface area contributed by atoms with Crippen LogP contribution in [0.4, 0.5) is 0 Å². The number of rotatable bonds is 5. The number of nitrogens with one attached hydrogen (secondary N) is 1. The smallest absolute Gasteiger partial charge is 0.312 e. The number of hydrogen-bond donors (Lipinski definition) is 1. The summed E-state index contributed by atoms with van der Waals surface area (Å²) < 4.78 is 10.1. The summed E-state index contributed by atoms with van der Waals surface area (Å²) in [5, 5.41) is 2.58. The molecule has 5 heteroatoms. The number of furan rings is 1. The zero-order valence-electron chi connectivity index (χ0n) is 11.1. The number of benzene rings is 1. The van der Waals surface area contributed by atoms with Gasteiger partial charge in [0, 0.05) is 6.54 Å². The predicted molar refractivity (Wildman–Crippen MR) is 72.5 cm³/mol. The Balaban J connectivity index is 1.74. The Hall–Kier alpha value is -2.56. The molecule has 0 aliphatic carbocycles. The second-order valence-corrected chi connectivity index (χ2v) is 4.27. The molecule has 1 aromatic heterocycles. The number of aryl methyl sites for hydroxylation is 1. The first-order valence-electron chi connectivity index (χ1n) is 6.24. The van der Waals surface area contributed by atoms with Gasteiger partial charge in [0.2, 0.25) is 0 Å². The highest BCUT2D eigenvalue weighted by Crippen LogP contribution is 2.12. The molecule has 0 atom stereocenters. The van der Waals surface area contributed by atoms with Gasteiger partial charge < -0.3 is 14.5 Å². The average molecular weight is 273 g/mol. The number of ether oxygens (including phenoxy) is 1. The monoisotopic (exact) mass is 273 g/mol. The first kappa shape index (κ1) is 13.9. The summed E-state index contributed by atoms with van der Waals surface area (Å²) in [7, 11) is 0. The van der Waals surface area contributed by atoms with E-state index in [1.807, 2.05) is 19.1 Å². The molecule has 5 nitrogen and oxygen atoms in total. The van der Waals surface area contributed by atoms with Crippen LogP contribution in [0.3, 0.4) is 0 Å². The normalized spacial score (nSPS) is 10.1. The van der Waals surface area contributed by atoms with E-state index in [1.165, 1.54) is 6.26 Å². The number of carbonyl (C=O) groups excluding carboxylic acids is 2. The van der Waals surface area contributed by atoms with Crippen LogP contribution < -0.4 is 10.1 Å². The second kappa shape index (κ2) is 6.56. The van der Waals surface area contributed by atoms with Gasteiger partial charge in [0.1, 0.15) is 5.75 Å². The maximum Gasteiger partial charge on any atom is 0.312 e. The van der Waals surface area contributed by atoms with Crippen LogP contribution in [-0.2, 0) is 4.79 Å². The molecule has 2 aromatic rings. The van der Waals surface area contributed by atoms with E-state index >= 15 is 0 Å². The summed E-state index contributed by atoms with van der Waals surface area (Å²) in [6.45, 7) is 2.12. The minimum atomic E-state index is -0.393. The highest BCUT2D eigenvalue weighted by molar-refractivity contribution is 5.91. The molecule has 0 fully saturated rings. The molecule has 0 bridgehead atoms. The average Bonchev–Trinajstić information content (AvgIpc) is 2.92. The van der Waals surface area contributed by atoms with Gasteiger partial charge in [-0.05, 0) is 36.8 Å². The minimum Gasteiger partial charge on any atom is -0.459 e. The summed E-state index contributed by atoms with van der Waals surface area (Å²) in [5.74, 6) is -0.0156. The number of esters is 1. The Morgan fingerprint density at radius 3 is 2.80 bits per heavy atom. The van der Waals surface area contributed by atoms with E-state index in [1.54, 1.807) is 24.3 Å². The lowest BCUT2D eigenvalue weighted by Gasteiger charge is -2.05. The lowest BCUT2D eigenvalue weighted by molar-refractivity contribution is -0.134. The van der Waals surface area contributed by atoms with Gasteiger partial charge in [-0.15, -0.1) is 0 Å². The van der Waals surface area contributed by atoms with Gasteiger partial charge in [-0.1, -0.05) is 12.1 Å². The maximum atomic E-state index is 11.6. The topological polar surface area (TPSA) is 68.5 Å². The zero-order chi connectivity index (χ0) is 14.4. The van der Waals surface area contributed by atoms with E-state index in [0.717, 1.165) is 5.56 Å². The molecule has 1 heterocycles. The van der Waals surface area contributed by atoms with Crippen molar-refractivity contribution in [3.63, 3.8) is 0 Å². The third kappa shape index (κ3) is 3.98. The predicted octanol–water partition coefficient (Wildman–Crippen LogP) is 2.31. The summed E-state index contributed by atoms with van der Waals surface area (Å²) >= 11 is 0. The van der Waals surface area contributed by atoms with Crippen molar-refractivity contribution in [2.75, 3.05) is 6.54 Å². The SMILES string of the molecule is Cc1cccc(OC(=O)CCNC(=O)c2ccco2)c1. The van der Waals surface area contributed by atoms with Crippen LogP contribution in [0, 0.1) is 6.92 Å². The third-order valence-corrected chi connectivity index (χ3v) is 2.58. The quantitative estimate of drug-likeness (QED) is 0.670. The highest BCUT2D eigenvalue weighted by atomic mass is 16.5. The molecule has 0 aliphatic rings. The van der Waals surface area contributed by atoms with Crippen LogP contribution in [0.2, 0.25) is 0 Å². The van der Waals surface area contributed by atoms with E-state index in [9.17, 15) is 9.59 Å². The number of carbonyl (C=O) groups is 2. The summed E-state index contributed by atoms with van der Waals surface area (Å²) in [6, 6.07) is 10.4. The Labute approximate surface area is 116 Å². The van der Waals surface area contributed by atoms with Crippen molar-refractivity contribution < 1.29 is 18.7 Å². The molecular formula is C15H15NO4. The number of amides is 1. The zero-order valence-corrected chi connectivity index (χ0v) is 11.1. The van der Waals surface area contributed by atoms with Crippen molar-refractivity contribution in [2.24, 2.45) is 0 Å². The molecule has 2 rings (SSSR count). The van der Waals surface area contributed by atoms with Gasteiger partial charge in [-0.3, -0.25) is 9.59 Å². The van der Waals surface area contributed by atoms with Crippen molar-refractivity contribution in [2.45, 2.75) is 13.3 Å². The maximum absolute atomic E-state index is 11.6. The van der Waals surface area contributed by atoms with E-state index in [0.29, 0.717) is 5.75 Å². The first-order chi connectivity index (χ1) is 9.65. The molecule has 0 unspecified atom stereocenters. The lowest BCUT2D eigenvalue weighted by Crippen LogP contribution is -2.26. The largest absolute Gasteiger partial charge is 0.459 e. The molecule has 1 amide bonds.